The van der Waals surface area contributed by atoms with Crippen LogP contribution in [0.1, 0.15) is 19.3 Å². The van der Waals surface area contributed by atoms with E-state index in [1.54, 1.807) is 19.0 Å². The number of rotatable bonds is 6. The van der Waals surface area contributed by atoms with Crippen molar-refractivity contribution < 1.29 is 9.53 Å². The Labute approximate surface area is 104 Å². The Kier molecular flexibility index (Phi) is 6.47. The largest absolute Gasteiger partial charge is 0.377 e. The number of nitrogens with two attached hydrogens (primary N) is 1. The van der Waals surface area contributed by atoms with E-state index in [1.165, 1.54) is 0 Å². The monoisotopic (exact) mass is 243 g/mol. The second kappa shape index (κ2) is 7.63. The van der Waals surface area contributed by atoms with Crippen molar-refractivity contribution in [2.24, 2.45) is 5.73 Å². The number of hydrogen-bond acceptors (Lipinski definition) is 4. The standard InChI is InChI=1S/C12H25N3O2/c1-14(2)12(16)5-9-15-7-3-11(4-8-15)17-10-6-13/h11H,3-10,13H2,1-2H3. The number of piperidine rings is 1. The van der Waals surface area contributed by atoms with Gasteiger partial charge >= 0.3 is 0 Å². The molecule has 100 valence electrons. The molecule has 0 aliphatic carbocycles. The van der Waals surface area contributed by atoms with Crippen LogP contribution in [0.2, 0.25) is 0 Å². The molecule has 17 heavy (non-hydrogen) atoms. The van der Waals surface area contributed by atoms with Crippen LogP contribution in [0.4, 0.5) is 0 Å². The van der Waals surface area contributed by atoms with Crippen LogP contribution in [-0.2, 0) is 9.53 Å². The summed E-state index contributed by atoms with van der Waals surface area (Å²) in [6.07, 6.45) is 3.08. The molecule has 1 aliphatic rings. The van der Waals surface area contributed by atoms with Gasteiger partial charge in [0.25, 0.3) is 0 Å². The zero-order chi connectivity index (χ0) is 12.7. The van der Waals surface area contributed by atoms with Gasteiger partial charge in [-0.05, 0) is 12.8 Å². The van der Waals surface area contributed by atoms with E-state index in [0.29, 0.717) is 25.7 Å². The molecule has 0 aromatic rings. The molecule has 1 fully saturated rings. The third-order valence-corrected chi connectivity index (χ3v) is 3.15. The summed E-state index contributed by atoms with van der Waals surface area (Å²) in [5.41, 5.74) is 5.40. The Morgan fingerprint density at radius 1 is 1.41 bits per heavy atom. The van der Waals surface area contributed by atoms with E-state index in [1.807, 2.05) is 0 Å². The summed E-state index contributed by atoms with van der Waals surface area (Å²) >= 11 is 0. The van der Waals surface area contributed by atoms with Crippen molar-refractivity contribution in [3.8, 4) is 0 Å². The molecule has 0 aromatic heterocycles. The lowest BCUT2D eigenvalue weighted by Crippen LogP contribution is -2.39. The Hall–Kier alpha value is -0.650. The zero-order valence-electron chi connectivity index (χ0n) is 11.0. The summed E-state index contributed by atoms with van der Waals surface area (Å²) in [4.78, 5) is 15.4. The molecule has 0 unspecified atom stereocenters. The smallest absolute Gasteiger partial charge is 0.223 e. The van der Waals surface area contributed by atoms with Crippen molar-refractivity contribution in [3.05, 3.63) is 0 Å². The first kappa shape index (κ1) is 14.4. The third-order valence-electron chi connectivity index (χ3n) is 3.15. The Morgan fingerprint density at radius 2 is 2.06 bits per heavy atom. The van der Waals surface area contributed by atoms with Gasteiger partial charge in [0.15, 0.2) is 0 Å². The first-order chi connectivity index (χ1) is 8.13. The van der Waals surface area contributed by atoms with Crippen molar-refractivity contribution >= 4 is 5.91 Å². The van der Waals surface area contributed by atoms with Crippen LogP contribution in [-0.4, -0.2) is 68.7 Å². The van der Waals surface area contributed by atoms with Crippen molar-refractivity contribution in [1.82, 2.24) is 9.80 Å². The van der Waals surface area contributed by atoms with Gasteiger partial charge in [0.2, 0.25) is 5.91 Å². The predicted molar refractivity (Wildman–Crippen MR) is 67.8 cm³/mol. The molecule has 5 nitrogen and oxygen atoms in total. The maximum absolute atomic E-state index is 11.5. The van der Waals surface area contributed by atoms with Gasteiger partial charge in [-0.15, -0.1) is 0 Å². The highest BCUT2D eigenvalue weighted by Crippen LogP contribution is 2.13. The third kappa shape index (κ3) is 5.48. The normalized spacial score (nSPS) is 18.3. The summed E-state index contributed by atoms with van der Waals surface area (Å²) in [5.74, 6) is 0.200. The van der Waals surface area contributed by atoms with Crippen molar-refractivity contribution in [2.45, 2.75) is 25.4 Å². The van der Waals surface area contributed by atoms with Crippen LogP contribution >= 0.6 is 0 Å². The molecule has 1 heterocycles. The number of carbonyl (C=O) groups is 1. The van der Waals surface area contributed by atoms with Gasteiger partial charge in [0.05, 0.1) is 12.7 Å². The average molecular weight is 243 g/mol. The molecule has 0 saturated carbocycles. The first-order valence-electron chi connectivity index (χ1n) is 6.37. The summed E-state index contributed by atoms with van der Waals surface area (Å²) in [6.45, 7) is 4.16. The number of hydrogen-bond donors (Lipinski definition) is 1. The second-order valence-corrected chi connectivity index (χ2v) is 4.74. The average Bonchev–Trinajstić information content (AvgIpc) is 2.34. The molecular weight excluding hydrogens is 218 g/mol. The Balaban J connectivity index is 2.12. The van der Waals surface area contributed by atoms with Gasteiger partial charge in [-0.1, -0.05) is 0 Å². The highest BCUT2D eigenvalue weighted by Gasteiger charge is 2.19. The molecular formula is C12H25N3O2. The van der Waals surface area contributed by atoms with Crippen LogP contribution < -0.4 is 5.73 Å². The lowest BCUT2D eigenvalue weighted by molar-refractivity contribution is -0.129. The maximum atomic E-state index is 11.5. The highest BCUT2D eigenvalue weighted by molar-refractivity contribution is 5.75. The number of carbonyl (C=O) groups excluding carboxylic acids is 1. The molecule has 0 bridgehead atoms. The van der Waals surface area contributed by atoms with E-state index in [-0.39, 0.29) is 5.91 Å². The minimum atomic E-state index is 0.200. The minimum Gasteiger partial charge on any atom is -0.377 e. The molecule has 0 aromatic carbocycles. The van der Waals surface area contributed by atoms with Crippen LogP contribution in [0.5, 0.6) is 0 Å². The van der Waals surface area contributed by atoms with Gasteiger partial charge in [-0.3, -0.25) is 4.79 Å². The van der Waals surface area contributed by atoms with Gasteiger partial charge in [-0.25, -0.2) is 0 Å². The minimum absolute atomic E-state index is 0.200. The van der Waals surface area contributed by atoms with E-state index in [0.717, 1.165) is 32.5 Å². The molecule has 0 spiro atoms. The van der Waals surface area contributed by atoms with Crippen LogP contribution in [0.15, 0.2) is 0 Å². The van der Waals surface area contributed by atoms with Crippen molar-refractivity contribution in [3.63, 3.8) is 0 Å². The molecule has 2 N–H and O–H groups in total. The van der Waals surface area contributed by atoms with E-state index < -0.39 is 0 Å². The van der Waals surface area contributed by atoms with Crippen LogP contribution in [0.25, 0.3) is 0 Å². The molecule has 1 saturated heterocycles. The molecule has 0 radical (unpaired) electrons. The second-order valence-electron chi connectivity index (χ2n) is 4.74. The first-order valence-corrected chi connectivity index (χ1v) is 6.37. The van der Waals surface area contributed by atoms with E-state index >= 15 is 0 Å². The van der Waals surface area contributed by atoms with Crippen molar-refractivity contribution in [1.29, 1.82) is 0 Å². The molecule has 0 atom stereocenters. The summed E-state index contributed by atoms with van der Waals surface area (Å²) in [7, 11) is 3.60. The summed E-state index contributed by atoms with van der Waals surface area (Å²) < 4.78 is 5.62. The lowest BCUT2D eigenvalue weighted by atomic mass is 10.1. The Morgan fingerprint density at radius 3 is 2.59 bits per heavy atom. The summed E-state index contributed by atoms with van der Waals surface area (Å²) in [6, 6.07) is 0. The fourth-order valence-corrected chi connectivity index (χ4v) is 2.01. The predicted octanol–water partition coefficient (Wildman–Crippen LogP) is -0.0956. The van der Waals surface area contributed by atoms with Gasteiger partial charge in [0, 0.05) is 46.7 Å². The van der Waals surface area contributed by atoms with Gasteiger partial charge in [-0.2, -0.15) is 0 Å². The molecule has 1 amide bonds. The number of likely N-dealkylation sites (tertiary alicyclic amines) is 1. The van der Waals surface area contributed by atoms with E-state index in [4.69, 9.17) is 10.5 Å². The van der Waals surface area contributed by atoms with Crippen LogP contribution in [0, 0.1) is 0 Å². The van der Waals surface area contributed by atoms with E-state index in [2.05, 4.69) is 4.90 Å². The lowest BCUT2D eigenvalue weighted by Gasteiger charge is -2.31. The van der Waals surface area contributed by atoms with Gasteiger partial charge in [0.1, 0.15) is 0 Å². The van der Waals surface area contributed by atoms with E-state index in [9.17, 15) is 4.79 Å². The highest BCUT2D eigenvalue weighted by atomic mass is 16.5. The summed E-state index contributed by atoms with van der Waals surface area (Å²) in [5, 5.41) is 0. The maximum Gasteiger partial charge on any atom is 0.223 e. The van der Waals surface area contributed by atoms with Crippen molar-refractivity contribution in [2.75, 3.05) is 46.9 Å². The Bertz CT molecular complexity index is 226. The number of amides is 1. The topological polar surface area (TPSA) is 58.8 Å². The molecule has 1 rings (SSSR count). The SMILES string of the molecule is CN(C)C(=O)CCN1CCC(OCCN)CC1. The van der Waals surface area contributed by atoms with Crippen LogP contribution in [0.3, 0.4) is 0 Å². The fraction of sp³-hybridized carbons (Fsp3) is 0.917. The fourth-order valence-electron chi connectivity index (χ4n) is 2.01. The molecule has 5 heteroatoms. The van der Waals surface area contributed by atoms with Gasteiger partial charge < -0.3 is 20.3 Å². The quantitative estimate of drug-likeness (QED) is 0.708. The number of ether oxygens (including phenoxy) is 1. The number of nitrogens with zero attached hydrogens (tertiary/aromatic N) is 2. The zero-order valence-corrected chi connectivity index (χ0v) is 11.0. The molecule has 1 aliphatic heterocycles.